The van der Waals surface area contributed by atoms with Gasteiger partial charge in [0.1, 0.15) is 24.4 Å². The summed E-state index contributed by atoms with van der Waals surface area (Å²) in [6.45, 7) is 4.54. The van der Waals surface area contributed by atoms with Crippen LogP contribution in [-0.4, -0.2) is 26.3 Å². The summed E-state index contributed by atoms with van der Waals surface area (Å²) in [4.78, 5) is 13.8. The van der Waals surface area contributed by atoms with Crippen LogP contribution < -0.4 is 0 Å². The van der Waals surface area contributed by atoms with E-state index in [1.165, 1.54) is 42.9 Å². The molecule has 0 aromatic carbocycles. The van der Waals surface area contributed by atoms with Gasteiger partial charge in [-0.3, -0.25) is 4.79 Å². The number of fused-ring (bicyclic) bond motifs is 5. The van der Waals surface area contributed by atoms with Crippen molar-refractivity contribution in [3.8, 4) is 12.1 Å². The largest absolute Gasteiger partial charge is 0.390 e. The molecule has 6 heteroatoms. The molecule has 1 heterocycles. The molecule has 9 atom stereocenters. The van der Waals surface area contributed by atoms with E-state index in [9.17, 15) is 20.4 Å². The highest BCUT2D eigenvalue weighted by atomic mass is 16.3. The Morgan fingerprint density at radius 1 is 1.03 bits per heavy atom. The van der Waals surface area contributed by atoms with E-state index >= 15 is 0 Å². The molecule has 186 valence electrons. The van der Waals surface area contributed by atoms with Crippen LogP contribution in [0.4, 0.5) is 0 Å². The lowest BCUT2D eigenvalue weighted by molar-refractivity contribution is -0.134. The smallest absolute Gasteiger partial charge is 0.163 e. The number of Topliss-reactive ketones (excluding diaryl/α,β-unsaturated/α-hetero) is 1. The van der Waals surface area contributed by atoms with Crippen molar-refractivity contribution < 1.29 is 9.90 Å². The first-order chi connectivity index (χ1) is 16.7. The fourth-order valence-corrected chi connectivity index (χ4v) is 9.71. The van der Waals surface area contributed by atoms with Crippen molar-refractivity contribution in [1.29, 1.82) is 10.5 Å². The number of carbonyl (C=O) groups is 1. The Bertz CT molecular complexity index is 1100. The minimum atomic E-state index is -0.487. The monoisotopic (exact) mass is 474 g/mol. The van der Waals surface area contributed by atoms with E-state index in [-0.39, 0.29) is 29.4 Å². The van der Waals surface area contributed by atoms with Gasteiger partial charge >= 0.3 is 0 Å². The highest BCUT2D eigenvalue weighted by Gasteiger charge is 2.63. The van der Waals surface area contributed by atoms with E-state index in [1.54, 1.807) is 0 Å². The standard InChI is InChI=1S/C29H38N4O2/c1-28(35)9-7-21-18(13-28)5-6-23-22(21)8-10-29(2)25(12-24(27(23)29)17-3-4-17)26(34)16-33-20(15-31)11-19(14-30)32-33/h11,17-18,21-25,27,35H,3-10,12-13,16H2,1-2H3/t18-,21+,22-,23-,24+,25-,27-,28-,29-/m1/s1. The zero-order valence-electron chi connectivity index (χ0n) is 21.1. The highest BCUT2D eigenvalue weighted by Crippen LogP contribution is 2.69. The van der Waals surface area contributed by atoms with Gasteiger partial charge in [-0.25, -0.2) is 4.68 Å². The summed E-state index contributed by atoms with van der Waals surface area (Å²) in [5, 5.41) is 33.6. The topological polar surface area (TPSA) is 103 Å². The Morgan fingerprint density at radius 3 is 2.49 bits per heavy atom. The minimum absolute atomic E-state index is 0.0186. The summed E-state index contributed by atoms with van der Waals surface area (Å²) in [5.41, 5.74) is 0.0305. The van der Waals surface area contributed by atoms with Gasteiger partial charge in [0.25, 0.3) is 0 Å². The van der Waals surface area contributed by atoms with Gasteiger partial charge in [-0.2, -0.15) is 15.6 Å². The zero-order chi connectivity index (χ0) is 24.5. The molecule has 0 spiro atoms. The van der Waals surface area contributed by atoms with Crippen LogP contribution in [0.2, 0.25) is 0 Å². The van der Waals surface area contributed by atoms with Gasteiger partial charge in [0.2, 0.25) is 0 Å². The van der Waals surface area contributed by atoms with Crippen molar-refractivity contribution in [3.05, 3.63) is 17.5 Å². The summed E-state index contributed by atoms with van der Waals surface area (Å²) >= 11 is 0. The van der Waals surface area contributed by atoms with Crippen LogP contribution in [-0.2, 0) is 11.3 Å². The summed E-state index contributed by atoms with van der Waals surface area (Å²) < 4.78 is 1.45. The minimum Gasteiger partial charge on any atom is -0.390 e. The quantitative estimate of drug-likeness (QED) is 0.672. The molecule has 0 amide bonds. The van der Waals surface area contributed by atoms with E-state index < -0.39 is 5.60 Å². The number of nitriles is 2. The fraction of sp³-hybridized carbons (Fsp3) is 0.793. The molecule has 5 fully saturated rings. The Morgan fingerprint density at radius 2 is 1.77 bits per heavy atom. The van der Waals surface area contributed by atoms with Crippen molar-refractivity contribution in [3.63, 3.8) is 0 Å². The molecule has 5 saturated carbocycles. The molecule has 0 bridgehead atoms. The van der Waals surface area contributed by atoms with Crippen LogP contribution in [0.25, 0.3) is 0 Å². The van der Waals surface area contributed by atoms with Crippen molar-refractivity contribution in [1.82, 2.24) is 9.78 Å². The molecule has 0 radical (unpaired) electrons. The molecule has 0 saturated heterocycles. The third kappa shape index (κ3) is 3.75. The van der Waals surface area contributed by atoms with E-state index in [0.717, 1.165) is 49.9 Å². The third-order valence-corrected chi connectivity index (χ3v) is 11.2. The van der Waals surface area contributed by atoms with Gasteiger partial charge < -0.3 is 5.11 Å². The molecular weight excluding hydrogens is 436 g/mol. The maximum absolute atomic E-state index is 13.8. The number of hydrogen-bond donors (Lipinski definition) is 1. The summed E-state index contributed by atoms with van der Waals surface area (Å²) in [6, 6.07) is 5.57. The average molecular weight is 475 g/mol. The highest BCUT2D eigenvalue weighted by molar-refractivity contribution is 5.82. The van der Waals surface area contributed by atoms with E-state index in [0.29, 0.717) is 29.4 Å². The fourth-order valence-electron chi connectivity index (χ4n) is 9.71. The molecule has 5 aliphatic carbocycles. The number of aromatic nitrogens is 2. The first-order valence-corrected chi connectivity index (χ1v) is 13.9. The molecule has 35 heavy (non-hydrogen) atoms. The maximum Gasteiger partial charge on any atom is 0.163 e. The first kappa shape index (κ1) is 23.2. The molecule has 6 rings (SSSR count). The van der Waals surface area contributed by atoms with E-state index in [2.05, 4.69) is 18.1 Å². The second kappa shape index (κ2) is 8.17. The van der Waals surface area contributed by atoms with E-state index in [1.807, 2.05) is 13.0 Å². The van der Waals surface area contributed by atoms with Crippen LogP contribution in [0.15, 0.2) is 6.07 Å². The summed E-state index contributed by atoms with van der Waals surface area (Å²) in [5.74, 6) is 5.15. The lowest BCUT2D eigenvalue weighted by Gasteiger charge is -2.57. The number of ketones is 1. The van der Waals surface area contributed by atoms with Crippen molar-refractivity contribution in [2.45, 2.75) is 90.2 Å². The van der Waals surface area contributed by atoms with Gasteiger partial charge in [-0.1, -0.05) is 6.92 Å². The molecule has 1 aromatic rings. The van der Waals surface area contributed by atoms with Gasteiger partial charge in [-0.05, 0) is 118 Å². The number of aliphatic hydroxyl groups is 1. The van der Waals surface area contributed by atoms with Crippen LogP contribution in [0, 0.1) is 75.4 Å². The van der Waals surface area contributed by atoms with Gasteiger partial charge in [0.05, 0.1) is 5.60 Å². The van der Waals surface area contributed by atoms with E-state index in [4.69, 9.17) is 0 Å². The van der Waals surface area contributed by atoms with Crippen LogP contribution >= 0.6 is 0 Å². The molecule has 0 unspecified atom stereocenters. The normalized spacial score (nSPS) is 44.4. The van der Waals surface area contributed by atoms with Crippen LogP contribution in [0.1, 0.15) is 89.4 Å². The SMILES string of the molecule is C[C@@]1(O)CC[C@H]2[C@H](CC[C@@H]3[C@@H]2CC[C@@]2(C)[C@H]3[C@H](C3CC3)C[C@@H]2C(=O)Cn2nc(C#N)cc2C#N)C1. The van der Waals surface area contributed by atoms with Crippen molar-refractivity contribution in [2.75, 3.05) is 0 Å². The predicted molar refractivity (Wildman–Crippen MR) is 129 cm³/mol. The Hall–Kier alpha value is -2.18. The Kier molecular flexibility index (Phi) is 5.42. The van der Waals surface area contributed by atoms with Crippen LogP contribution in [0.5, 0.6) is 0 Å². The number of carbonyl (C=O) groups excluding carboxylic acids is 1. The molecule has 5 aliphatic rings. The number of rotatable bonds is 4. The van der Waals surface area contributed by atoms with Crippen molar-refractivity contribution in [2.24, 2.45) is 52.8 Å². The average Bonchev–Trinajstić information content (AvgIpc) is 3.51. The zero-order valence-corrected chi connectivity index (χ0v) is 21.1. The van der Waals surface area contributed by atoms with Gasteiger partial charge in [0.15, 0.2) is 11.5 Å². The first-order valence-electron chi connectivity index (χ1n) is 13.9. The van der Waals surface area contributed by atoms with Crippen molar-refractivity contribution >= 4 is 5.78 Å². The second-order valence-corrected chi connectivity index (χ2v) is 13.2. The third-order valence-electron chi connectivity index (χ3n) is 11.2. The number of nitrogens with zero attached hydrogens (tertiary/aromatic N) is 4. The molecule has 6 nitrogen and oxygen atoms in total. The lowest BCUT2D eigenvalue weighted by atomic mass is 9.48. The molecular formula is C29H38N4O2. The molecule has 0 aliphatic heterocycles. The van der Waals surface area contributed by atoms with Gasteiger partial charge in [0, 0.05) is 12.0 Å². The van der Waals surface area contributed by atoms with Gasteiger partial charge in [-0.15, -0.1) is 0 Å². The Labute approximate surface area is 208 Å². The maximum atomic E-state index is 13.8. The second-order valence-electron chi connectivity index (χ2n) is 13.2. The molecule has 1 aromatic heterocycles. The predicted octanol–water partition coefficient (Wildman–Crippen LogP) is 4.85. The summed E-state index contributed by atoms with van der Waals surface area (Å²) in [7, 11) is 0. The summed E-state index contributed by atoms with van der Waals surface area (Å²) in [6.07, 6.45) is 11.5. The molecule has 1 N–H and O–H groups in total. The van der Waals surface area contributed by atoms with Crippen LogP contribution in [0.3, 0.4) is 0 Å². The number of hydrogen-bond acceptors (Lipinski definition) is 5. The Balaban J connectivity index is 1.27. The lowest BCUT2D eigenvalue weighted by Crippen LogP contribution is -2.52.